The van der Waals surface area contributed by atoms with Crippen LogP contribution >= 0.6 is 11.6 Å². The average molecular weight is 388 g/mol. The first-order valence-corrected chi connectivity index (χ1v) is 8.99. The molecule has 140 valence electrons. The Labute approximate surface area is 160 Å². The zero-order valence-electron chi connectivity index (χ0n) is 14.9. The number of aryl methyl sites for hydroxylation is 2. The van der Waals surface area contributed by atoms with E-state index in [9.17, 15) is 4.79 Å². The summed E-state index contributed by atoms with van der Waals surface area (Å²) in [4.78, 5) is 16.5. The number of anilines is 1. The van der Waals surface area contributed by atoms with Gasteiger partial charge in [0, 0.05) is 23.6 Å². The van der Waals surface area contributed by atoms with E-state index in [1.807, 2.05) is 6.92 Å². The summed E-state index contributed by atoms with van der Waals surface area (Å²) in [5.41, 5.74) is 2.80. The molecule has 0 radical (unpaired) electrons. The fourth-order valence-electron chi connectivity index (χ4n) is 2.70. The standard InChI is InChI=1S/C18H18ClN5O3/c1-9-13(10(2)26-23-9)8-20-18(25)21-15-6-5-12(7-14(15)19)17-22-16(24-27-17)11-3-4-11/h5-7,11H,3-4,8H2,1-2H3,(H2,20,21,25). The first-order chi connectivity index (χ1) is 13.0. The third-order valence-electron chi connectivity index (χ3n) is 4.46. The summed E-state index contributed by atoms with van der Waals surface area (Å²) >= 11 is 6.30. The number of urea groups is 1. The molecular weight excluding hydrogens is 370 g/mol. The van der Waals surface area contributed by atoms with Crippen molar-refractivity contribution in [2.45, 2.75) is 39.2 Å². The van der Waals surface area contributed by atoms with Gasteiger partial charge in [0.15, 0.2) is 5.82 Å². The number of benzene rings is 1. The molecule has 9 heteroatoms. The molecule has 2 amide bonds. The monoisotopic (exact) mass is 387 g/mol. The predicted octanol–water partition coefficient (Wildman–Crippen LogP) is 4.19. The molecule has 0 unspecified atom stereocenters. The van der Waals surface area contributed by atoms with Crippen LogP contribution in [0.3, 0.4) is 0 Å². The summed E-state index contributed by atoms with van der Waals surface area (Å²) in [6, 6.07) is 4.79. The second kappa shape index (κ2) is 7.03. The van der Waals surface area contributed by atoms with Crippen molar-refractivity contribution in [2.75, 3.05) is 5.32 Å². The molecule has 1 aliphatic rings. The molecule has 0 atom stereocenters. The lowest BCUT2D eigenvalue weighted by Crippen LogP contribution is -2.28. The van der Waals surface area contributed by atoms with Crippen LogP contribution in [0, 0.1) is 13.8 Å². The van der Waals surface area contributed by atoms with Crippen LogP contribution in [0.15, 0.2) is 27.2 Å². The summed E-state index contributed by atoms with van der Waals surface area (Å²) in [6.07, 6.45) is 2.21. The predicted molar refractivity (Wildman–Crippen MR) is 98.6 cm³/mol. The van der Waals surface area contributed by atoms with E-state index in [2.05, 4.69) is 25.9 Å². The van der Waals surface area contributed by atoms with Gasteiger partial charge in [-0.1, -0.05) is 21.9 Å². The Morgan fingerprint density at radius 2 is 2.07 bits per heavy atom. The number of nitrogens with zero attached hydrogens (tertiary/aromatic N) is 3. The summed E-state index contributed by atoms with van der Waals surface area (Å²) < 4.78 is 10.4. The highest BCUT2D eigenvalue weighted by Crippen LogP contribution is 2.39. The second-order valence-electron chi connectivity index (χ2n) is 6.54. The van der Waals surface area contributed by atoms with E-state index >= 15 is 0 Å². The van der Waals surface area contributed by atoms with Gasteiger partial charge < -0.3 is 19.7 Å². The zero-order chi connectivity index (χ0) is 19.0. The SMILES string of the molecule is Cc1noc(C)c1CNC(=O)Nc1ccc(-c2nc(C3CC3)no2)cc1Cl. The number of nitrogens with one attached hydrogen (secondary N) is 2. The molecule has 27 heavy (non-hydrogen) atoms. The smallest absolute Gasteiger partial charge is 0.319 e. The zero-order valence-corrected chi connectivity index (χ0v) is 15.6. The first kappa shape index (κ1) is 17.5. The van der Waals surface area contributed by atoms with Gasteiger partial charge >= 0.3 is 6.03 Å². The van der Waals surface area contributed by atoms with E-state index in [1.54, 1.807) is 25.1 Å². The maximum absolute atomic E-state index is 12.1. The molecular formula is C18H18ClN5O3. The van der Waals surface area contributed by atoms with Gasteiger partial charge in [0.1, 0.15) is 5.76 Å². The molecule has 8 nitrogen and oxygen atoms in total. The van der Waals surface area contributed by atoms with Gasteiger partial charge in [-0.05, 0) is 44.9 Å². The Bertz CT molecular complexity index is 973. The van der Waals surface area contributed by atoms with Crippen molar-refractivity contribution in [3.05, 3.63) is 46.1 Å². The largest absolute Gasteiger partial charge is 0.361 e. The molecule has 2 N–H and O–H groups in total. The average Bonchev–Trinajstić information content (AvgIpc) is 3.29. The fraction of sp³-hybridized carbons (Fsp3) is 0.333. The summed E-state index contributed by atoms with van der Waals surface area (Å²) in [6.45, 7) is 3.94. The molecule has 1 aromatic carbocycles. The lowest BCUT2D eigenvalue weighted by Gasteiger charge is -2.09. The van der Waals surface area contributed by atoms with Crippen LogP contribution in [0.4, 0.5) is 10.5 Å². The van der Waals surface area contributed by atoms with Crippen LogP contribution in [0.2, 0.25) is 5.02 Å². The first-order valence-electron chi connectivity index (χ1n) is 8.61. The van der Waals surface area contributed by atoms with Crippen LogP contribution in [-0.2, 0) is 6.54 Å². The van der Waals surface area contributed by atoms with Crippen molar-refractivity contribution < 1.29 is 13.8 Å². The minimum Gasteiger partial charge on any atom is -0.361 e. The Balaban J connectivity index is 1.40. The van der Waals surface area contributed by atoms with Crippen LogP contribution in [0.25, 0.3) is 11.5 Å². The molecule has 1 fully saturated rings. The van der Waals surface area contributed by atoms with Crippen LogP contribution < -0.4 is 10.6 Å². The van der Waals surface area contributed by atoms with Crippen LogP contribution in [0.5, 0.6) is 0 Å². The number of rotatable bonds is 5. The molecule has 0 bridgehead atoms. The van der Waals surface area contributed by atoms with Crippen LogP contribution in [0.1, 0.15) is 41.6 Å². The van der Waals surface area contributed by atoms with E-state index in [0.29, 0.717) is 40.4 Å². The van der Waals surface area contributed by atoms with Crippen molar-refractivity contribution in [3.63, 3.8) is 0 Å². The number of hydrogen-bond acceptors (Lipinski definition) is 6. The Morgan fingerprint density at radius 1 is 1.26 bits per heavy atom. The van der Waals surface area contributed by atoms with Crippen molar-refractivity contribution in [1.82, 2.24) is 20.6 Å². The fourth-order valence-corrected chi connectivity index (χ4v) is 2.93. The van der Waals surface area contributed by atoms with Crippen molar-refractivity contribution in [2.24, 2.45) is 0 Å². The van der Waals surface area contributed by atoms with Crippen molar-refractivity contribution in [1.29, 1.82) is 0 Å². The van der Waals surface area contributed by atoms with Gasteiger partial charge in [0.25, 0.3) is 5.89 Å². The lowest BCUT2D eigenvalue weighted by molar-refractivity contribution is 0.251. The lowest BCUT2D eigenvalue weighted by atomic mass is 10.2. The molecule has 0 saturated heterocycles. The van der Waals surface area contributed by atoms with Gasteiger partial charge in [0.05, 0.1) is 16.4 Å². The maximum atomic E-state index is 12.1. The number of aromatic nitrogens is 3. The molecule has 1 aliphatic carbocycles. The van der Waals surface area contributed by atoms with E-state index in [0.717, 1.165) is 29.9 Å². The molecule has 2 aromatic heterocycles. The second-order valence-corrected chi connectivity index (χ2v) is 6.94. The van der Waals surface area contributed by atoms with E-state index in [1.165, 1.54) is 0 Å². The van der Waals surface area contributed by atoms with Gasteiger partial charge in [0.2, 0.25) is 0 Å². The topological polar surface area (TPSA) is 106 Å². The normalized spacial score (nSPS) is 13.6. The minimum absolute atomic E-state index is 0.314. The number of halogens is 1. The molecule has 1 saturated carbocycles. The quantitative estimate of drug-likeness (QED) is 0.679. The Kier molecular flexibility index (Phi) is 4.57. The maximum Gasteiger partial charge on any atom is 0.319 e. The van der Waals surface area contributed by atoms with E-state index in [-0.39, 0.29) is 6.03 Å². The Hall–Kier alpha value is -2.87. The van der Waals surface area contributed by atoms with Gasteiger partial charge in [-0.2, -0.15) is 4.98 Å². The van der Waals surface area contributed by atoms with E-state index in [4.69, 9.17) is 20.6 Å². The molecule has 2 heterocycles. The number of carbonyl (C=O) groups excluding carboxylic acids is 1. The molecule has 4 rings (SSSR count). The van der Waals surface area contributed by atoms with Crippen LogP contribution in [-0.4, -0.2) is 21.3 Å². The number of hydrogen-bond donors (Lipinski definition) is 2. The summed E-state index contributed by atoms with van der Waals surface area (Å²) in [7, 11) is 0. The molecule has 0 spiro atoms. The number of carbonyl (C=O) groups is 1. The summed E-state index contributed by atoms with van der Waals surface area (Å²) in [5.74, 6) is 2.26. The third kappa shape index (κ3) is 3.80. The summed E-state index contributed by atoms with van der Waals surface area (Å²) in [5, 5.41) is 13.7. The van der Waals surface area contributed by atoms with Gasteiger partial charge in [-0.15, -0.1) is 0 Å². The highest BCUT2D eigenvalue weighted by atomic mass is 35.5. The van der Waals surface area contributed by atoms with Crippen molar-refractivity contribution in [3.8, 4) is 11.5 Å². The molecule has 0 aliphatic heterocycles. The minimum atomic E-state index is -0.376. The van der Waals surface area contributed by atoms with E-state index < -0.39 is 0 Å². The van der Waals surface area contributed by atoms with Gasteiger partial charge in [-0.3, -0.25) is 0 Å². The third-order valence-corrected chi connectivity index (χ3v) is 4.77. The molecule has 3 aromatic rings. The van der Waals surface area contributed by atoms with Gasteiger partial charge in [-0.25, -0.2) is 4.79 Å². The highest BCUT2D eigenvalue weighted by molar-refractivity contribution is 6.34. The Morgan fingerprint density at radius 3 is 2.74 bits per heavy atom. The van der Waals surface area contributed by atoms with Crippen molar-refractivity contribution >= 4 is 23.3 Å². The number of amides is 2. The highest BCUT2D eigenvalue weighted by Gasteiger charge is 2.29.